The molecule has 0 radical (unpaired) electrons. The van der Waals surface area contributed by atoms with Crippen molar-refractivity contribution in [2.24, 2.45) is 17.3 Å². The van der Waals surface area contributed by atoms with Gasteiger partial charge in [0.05, 0.1) is 23.9 Å². The summed E-state index contributed by atoms with van der Waals surface area (Å²) in [5, 5.41) is 8.96. The van der Waals surface area contributed by atoms with E-state index in [1.54, 1.807) is 24.3 Å². The number of benzene rings is 1. The van der Waals surface area contributed by atoms with Crippen molar-refractivity contribution in [3.8, 4) is 11.8 Å². The Hall–Kier alpha value is -2.35. The van der Waals surface area contributed by atoms with Crippen LogP contribution in [0.1, 0.15) is 19.4 Å². The molecule has 0 bridgehead atoms. The van der Waals surface area contributed by atoms with Crippen LogP contribution in [0, 0.1) is 28.6 Å². The molecule has 1 aromatic carbocycles. The van der Waals surface area contributed by atoms with Gasteiger partial charge in [0.1, 0.15) is 18.4 Å². The van der Waals surface area contributed by atoms with Crippen LogP contribution in [0.4, 0.5) is 0 Å². The quantitative estimate of drug-likeness (QED) is 0.787. The van der Waals surface area contributed by atoms with Gasteiger partial charge < -0.3 is 4.74 Å². The molecule has 2 fully saturated rings. The van der Waals surface area contributed by atoms with Crippen LogP contribution in [0.2, 0.25) is 0 Å². The maximum atomic E-state index is 12.1. The molecule has 3 rings (SSSR count). The maximum Gasteiger partial charge on any atom is 0.233 e. The molecule has 1 aromatic rings. The third kappa shape index (κ3) is 1.99. The lowest BCUT2D eigenvalue weighted by Crippen LogP contribution is -2.39. The van der Waals surface area contributed by atoms with E-state index in [-0.39, 0.29) is 42.2 Å². The van der Waals surface area contributed by atoms with Crippen molar-refractivity contribution in [3.63, 3.8) is 0 Å². The molecule has 1 saturated carbocycles. The van der Waals surface area contributed by atoms with Gasteiger partial charge in [0.25, 0.3) is 0 Å². The standard InChI is InChI=1S/C16H16N2O3/c1-16(2)12-13(16)15(20)18(14(12)19)7-8-21-11-6-4-3-5-10(11)9-17/h3-6,12-13H,7-8H2,1-2H3. The molecule has 0 aromatic heterocycles. The number of carbonyl (C=O) groups excluding carboxylic acids is 2. The SMILES string of the molecule is CC1(C)C2C(=O)N(CCOc3ccccc3C#N)C(=O)C21. The zero-order valence-corrected chi connectivity index (χ0v) is 12.0. The Labute approximate surface area is 123 Å². The van der Waals surface area contributed by atoms with E-state index in [0.29, 0.717) is 11.3 Å². The van der Waals surface area contributed by atoms with Crippen LogP contribution in [0.3, 0.4) is 0 Å². The lowest BCUT2D eigenvalue weighted by atomic mass is 10.1. The van der Waals surface area contributed by atoms with E-state index in [2.05, 4.69) is 0 Å². The molecule has 1 heterocycles. The van der Waals surface area contributed by atoms with Crippen LogP contribution >= 0.6 is 0 Å². The summed E-state index contributed by atoms with van der Waals surface area (Å²) in [5.41, 5.74) is 0.263. The van der Waals surface area contributed by atoms with E-state index in [1.807, 2.05) is 19.9 Å². The normalized spacial score (nSPS) is 25.5. The first-order chi connectivity index (χ1) is 9.98. The number of carbonyl (C=O) groups is 2. The van der Waals surface area contributed by atoms with E-state index in [0.717, 1.165) is 0 Å². The number of nitriles is 1. The lowest BCUT2D eigenvalue weighted by Gasteiger charge is -2.20. The van der Waals surface area contributed by atoms with E-state index in [1.165, 1.54) is 4.90 Å². The Morgan fingerprint density at radius 2 is 1.86 bits per heavy atom. The number of rotatable bonds is 4. The third-order valence-corrected chi connectivity index (χ3v) is 4.47. The molecular formula is C16H16N2O3. The first kappa shape index (κ1) is 13.6. The largest absolute Gasteiger partial charge is 0.490 e. The molecule has 108 valence electrons. The molecule has 0 N–H and O–H groups in total. The summed E-state index contributed by atoms with van der Waals surface area (Å²) in [6.45, 7) is 4.35. The molecule has 1 saturated heterocycles. The van der Waals surface area contributed by atoms with Crippen LogP contribution in [0.15, 0.2) is 24.3 Å². The number of para-hydroxylation sites is 1. The summed E-state index contributed by atoms with van der Waals surface area (Å²) in [4.78, 5) is 25.6. The zero-order chi connectivity index (χ0) is 15.2. The monoisotopic (exact) mass is 284 g/mol. The number of hydrogen-bond donors (Lipinski definition) is 0. The Balaban J connectivity index is 1.59. The average Bonchev–Trinajstić information content (AvgIpc) is 2.94. The van der Waals surface area contributed by atoms with Crippen molar-refractivity contribution in [2.75, 3.05) is 13.2 Å². The van der Waals surface area contributed by atoms with Gasteiger partial charge >= 0.3 is 0 Å². The fourth-order valence-corrected chi connectivity index (χ4v) is 3.16. The molecule has 2 amide bonds. The summed E-state index contributed by atoms with van der Waals surface area (Å²) in [5.74, 6) is -0.0169. The van der Waals surface area contributed by atoms with Gasteiger partial charge in [0.2, 0.25) is 11.8 Å². The first-order valence-corrected chi connectivity index (χ1v) is 6.95. The van der Waals surface area contributed by atoms with Gasteiger partial charge in [-0.25, -0.2) is 0 Å². The van der Waals surface area contributed by atoms with Gasteiger partial charge in [0.15, 0.2) is 0 Å². The van der Waals surface area contributed by atoms with Crippen LogP contribution in [0.5, 0.6) is 5.75 Å². The summed E-state index contributed by atoms with van der Waals surface area (Å²) in [7, 11) is 0. The lowest BCUT2D eigenvalue weighted by molar-refractivity contribution is -0.143. The molecule has 2 atom stereocenters. The number of piperidine rings is 1. The Kier molecular flexibility index (Phi) is 2.98. The second-order valence-electron chi connectivity index (χ2n) is 6.06. The highest BCUT2D eigenvalue weighted by molar-refractivity contribution is 6.10. The average molecular weight is 284 g/mol. The highest BCUT2D eigenvalue weighted by atomic mass is 16.5. The number of likely N-dealkylation sites (tertiary alicyclic amines) is 1. The van der Waals surface area contributed by atoms with Crippen molar-refractivity contribution in [1.82, 2.24) is 4.90 Å². The molecule has 5 heteroatoms. The van der Waals surface area contributed by atoms with Gasteiger partial charge in [0, 0.05) is 0 Å². The predicted molar refractivity (Wildman–Crippen MR) is 74.1 cm³/mol. The fraction of sp³-hybridized carbons (Fsp3) is 0.438. The number of ether oxygens (including phenoxy) is 1. The highest BCUT2D eigenvalue weighted by Gasteiger charge is 2.72. The van der Waals surface area contributed by atoms with E-state index in [4.69, 9.17) is 10.00 Å². The Morgan fingerprint density at radius 3 is 2.48 bits per heavy atom. The van der Waals surface area contributed by atoms with Crippen molar-refractivity contribution in [1.29, 1.82) is 5.26 Å². The summed E-state index contributed by atoms with van der Waals surface area (Å²) >= 11 is 0. The molecule has 2 aliphatic rings. The van der Waals surface area contributed by atoms with Gasteiger partial charge in [-0.2, -0.15) is 5.26 Å². The van der Waals surface area contributed by atoms with Gasteiger partial charge in [-0.05, 0) is 17.5 Å². The number of fused-ring (bicyclic) bond motifs is 1. The Morgan fingerprint density at radius 1 is 1.24 bits per heavy atom. The van der Waals surface area contributed by atoms with Crippen molar-refractivity contribution >= 4 is 11.8 Å². The van der Waals surface area contributed by atoms with Crippen molar-refractivity contribution in [3.05, 3.63) is 29.8 Å². The van der Waals surface area contributed by atoms with Crippen LogP contribution in [-0.4, -0.2) is 29.9 Å². The molecule has 1 aliphatic carbocycles. The smallest absolute Gasteiger partial charge is 0.233 e. The topological polar surface area (TPSA) is 70.4 Å². The molecule has 0 spiro atoms. The van der Waals surface area contributed by atoms with Crippen LogP contribution in [-0.2, 0) is 9.59 Å². The number of hydrogen-bond acceptors (Lipinski definition) is 4. The minimum Gasteiger partial charge on any atom is -0.490 e. The fourth-order valence-electron chi connectivity index (χ4n) is 3.16. The third-order valence-electron chi connectivity index (χ3n) is 4.47. The number of imide groups is 1. The molecule has 5 nitrogen and oxygen atoms in total. The second-order valence-corrected chi connectivity index (χ2v) is 6.06. The van der Waals surface area contributed by atoms with E-state index < -0.39 is 0 Å². The minimum atomic E-state index is -0.182. The number of nitrogens with zero attached hydrogens (tertiary/aromatic N) is 2. The molecule has 1 aliphatic heterocycles. The van der Waals surface area contributed by atoms with E-state index in [9.17, 15) is 9.59 Å². The van der Waals surface area contributed by atoms with Crippen LogP contribution < -0.4 is 4.74 Å². The van der Waals surface area contributed by atoms with Crippen molar-refractivity contribution in [2.45, 2.75) is 13.8 Å². The number of amides is 2. The molecule has 21 heavy (non-hydrogen) atoms. The molecule has 2 unspecified atom stereocenters. The minimum absolute atomic E-state index is 0.0906. The highest BCUT2D eigenvalue weighted by Crippen LogP contribution is 2.63. The summed E-state index contributed by atoms with van der Waals surface area (Å²) < 4.78 is 5.52. The van der Waals surface area contributed by atoms with Gasteiger partial charge in [-0.1, -0.05) is 26.0 Å². The summed E-state index contributed by atoms with van der Waals surface area (Å²) in [6.07, 6.45) is 0. The van der Waals surface area contributed by atoms with Gasteiger partial charge in [-0.15, -0.1) is 0 Å². The first-order valence-electron chi connectivity index (χ1n) is 6.95. The van der Waals surface area contributed by atoms with E-state index >= 15 is 0 Å². The summed E-state index contributed by atoms with van der Waals surface area (Å²) in [6, 6.07) is 8.95. The van der Waals surface area contributed by atoms with Gasteiger partial charge in [-0.3, -0.25) is 14.5 Å². The second kappa shape index (κ2) is 4.59. The van der Waals surface area contributed by atoms with Crippen molar-refractivity contribution < 1.29 is 14.3 Å². The zero-order valence-electron chi connectivity index (χ0n) is 12.0. The predicted octanol–water partition coefficient (Wildman–Crippen LogP) is 1.58. The van der Waals surface area contributed by atoms with Crippen LogP contribution in [0.25, 0.3) is 0 Å². The Bertz CT molecular complexity index is 636. The maximum absolute atomic E-state index is 12.1. The molecular weight excluding hydrogens is 268 g/mol.